The van der Waals surface area contributed by atoms with Crippen LogP contribution in [0.2, 0.25) is 0 Å². The second kappa shape index (κ2) is 13.4. The van der Waals surface area contributed by atoms with Crippen LogP contribution >= 0.6 is 0 Å². The fourth-order valence-corrected chi connectivity index (χ4v) is 7.95. The van der Waals surface area contributed by atoms with Crippen LogP contribution < -0.4 is 4.90 Å². The third kappa shape index (κ3) is 5.62. The van der Waals surface area contributed by atoms with E-state index in [4.69, 9.17) is 0 Å². The zero-order valence-corrected chi connectivity index (χ0v) is 29.7. The van der Waals surface area contributed by atoms with Gasteiger partial charge in [-0.15, -0.1) is 0 Å². The highest BCUT2D eigenvalue weighted by molar-refractivity contribution is 6.09. The summed E-state index contributed by atoms with van der Waals surface area (Å²) in [7, 11) is 0. The van der Waals surface area contributed by atoms with E-state index >= 15 is 0 Å². The first-order valence-corrected chi connectivity index (χ1v) is 18.5. The molecule has 0 unspecified atom stereocenters. The van der Waals surface area contributed by atoms with Crippen molar-refractivity contribution in [3.05, 3.63) is 218 Å². The first kappa shape index (κ1) is 31.6. The Morgan fingerprint density at radius 2 is 0.685 bits per heavy atom. The highest BCUT2D eigenvalue weighted by Gasteiger charge is 2.16. The number of aromatic nitrogens is 1. The topological polar surface area (TPSA) is 8.17 Å². The molecule has 0 atom stereocenters. The second-order valence-corrected chi connectivity index (χ2v) is 13.8. The van der Waals surface area contributed by atoms with E-state index in [9.17, 15) is 0 Å². The smallest absolute Gasteiger partial charge is 0.0541 e. The van der Waals surface area contributed by atoms with Crippen molar-refractivity contribution in [1.29, 1.82) is 0 Å². The highest BCUT2D eigenvalue weighted by atomic mass is 15.1. The Balaban J connectivity index is 1.04. The van der Waals surface area contributed by atoms with E-state index in [-0.39, 0.29) is 0 Å². The molecule has 1 aromatic heterocycles. The molecule has 0 saturated heterocycles. The van der Waals surface area contributed by atoms with Gasteiger partial charge in [-0.05, 0) is 105 Å². The summed E-state index contributed by atoms with van der Waals surface area (Å²) in [5.41, 5.74) is 14.1. The molecular formula is C52H36N2. The zero-order chi connectivity index (χ0) is 35.8. The SMILES string of the molecule is c1ccc(-c2ccc(-c3ccc(N(c4ccc(-c5cccc6ccccc56)cc4)c4ccc(-n5c6ccccc6c6ccccc65)cc4)cc3)cc2)cc1. The molecule has 0 fully saturated rings. The predicted molar refractivity (Wildman–Crippen MR) is 229 cm³/mol. The largest absolute Gasteiger partial charge is 0.311 e. The molecule has 254 valence electrons. The van der Waals surface area contributed by atoms with Gasteiger partial charge in [-0.1, -0.05) is 158 Å². The lowest BCUT2D eigenvalue weighted by Gasteiger charge is -2.26. The molecule has 2 heteroatoms. The van der Waals surface area contributed by atoms with Crippen molar-refractivity contribution in [3.63, 3.8) is 0 Å². The molecule has 0 saturated carbocycles. The molecule has 0 amide bonds. The Labute approximate surface area is 315 Å². The van der Waals surface area contributed by atoms with Crippen molar-refractivity contribution in [1.82, 2.24) is 4.57 Å². The normalized spacial score (nSPS) is 11.3. The fourth-order valence-electron chi connectivity index (χ4n) is 7.95. The average molecular weight is 689 g/mol. The summed E-state index contributed by atoms with van der Waals surface area (Å²) in [6, 6.07) is 78.8. The van der Waals surface area contributed by atoms with Gasteiger partial charge >= 0.3 is 0 Å². The number of fused-ring (bicyclic) bond motifs is 4. The maximum absolute atomic E-state index is 2.37. The molecule has 0 aliphatic carbocycles. The molecule has 2 nitrogen and oxygen atoms in total. The number of para-hydroxylation sites is 2. The summed E-state index contributed by atoms with van der Waals surface area (Å²) in [6.45, 7) is 0. The van der Waals surface area contributed by atoms with E-state index < -0.39 is 0 Å². The standard InChI is InChI=1S/C52H36N2/c1-2-11-37(12-3-1)38-21-23-39(24-22-38)40-25-29-43(30-26-40)53(44-31-27-42(28-32-44)48-18-10-14-41-13-4-5-15-47(41)48)45-33-35-46(36-34-45)54-51-19-8-6-16-49(51)50-17-7-9-20-52(50)54/h1-36H. The minimum atomic E-state index is 1.09. The second-order valence-electron chi connectivity index (χ2n) is 13.8. The molecule has 9 aromatic carbocycles. The third-order valence-corrected chi connectivity index (χ3v) is 10.6. The van der Waals surface area contributed by atoms with Crippen molar-refractivity contribution in [3.8, 4) is 39.1 Å². The quantitative estimate of drug-likeness (QED) is 0.162. The van der Waals surface area contributed by atoms with Crippen LogP contribution in [0.25, 0.3) is 71.6 Å². The van der Waals surface area contributed by atoms with Crippen LogP contribution in [0.5, 0.6) is 0 Å². The van der Waals surface area contributed by atoms with E-state index in [2.05, 4.69) is 228 Å². The van der Waals surface area contributed by atoms with E-state index in [0.717, 1.165) is 22.7 Å². The summed E-state index contributed by atoms with van der Waals surface area (Å²) in [5.74, 6) is 0. The third-order valence-electron chi connectivity index (χ3n) is 10.6. The highest BCUT2D eigenvalue weighted by Crippen LogP contribution is 2.39. The van der Waals surface area contributed by atoms with Crippen molar-refractivity contribution in [2.75, 3.05) is 4.90 Å². The lowest BCUT2D eigenvalue weighted by atomic mass is 9.98. The van der Waals surface area contributed by atoms with Gasteiger partial charge in [-0.2, -0.15) is 0 Å². The number of hydrogen-bond donors (Lipinski definition) is 0. The van der Waals surface area contributed by atoms with Gasteiger partial charge in [0.15, 0.2) is 0 Å². The zero-order valence-electron chi connectivity index (χ0n) is 29.7. The number of rotatable bonds is 7. The van der Waals surface area contributed by atoms with Gasteiger partial charge in [0.05, 0.1) is 11.0 Å². The molecule has 54 heavy (non-hydrogen) atoms. The molecule has 0 aliphatic rings. The van der Waals surface area contributed by atoms with Crippen molar-refractivity contribution >= 4 is 49.6 Å². The van der Waals surface area contributed by atoms with Gasteiger partial charge in [0.2, 0.25) is 0 Å². The minimum Gasteiger partial charge on any atom is -0.311 e. The van der Waals surface area contributed by atoms with Crippen molar-refractivity contribution < 1.29 is 0 Å². The van der Waals surface area contributed by atoms with Crippen molar-refractivity contribution in [2.45, 2.75) is 0 Å². The summed E-state index contributed by atoms with van der Waals surface area (Å²) in [6.07, 6.45) is 0. The van der Waals surface area contributed by atoms with Gasteiger partial charge in [0.1, 0.15) is 0 Å². The molecule has 10 aromatic rings. The maximum Gasteiger partial charge on any atom is 0.0541 e. The Morgan fingerprint density at radius 1 is 0.278 bits per heavy atom. The lowest BCUT2D eigenvalue weighted by Crippen LogP contribution is -2.10. The molecule has 1 heterocycles. The summed E-state index contributed by atoms with van der Waals surface area (Å²) in [4.78, 5) is 2.35. The monoisotopic (exact) mass is 688 g/mol. The lowest BCUT2D eigenvalue weighted by molar-refractivity contribution is 1.17. The van der Waals surface area contributed by atoms with Crippen LogP contribution in [-0.4, -0.2) is 4.57 Å². The van der Waals surface area contributed by atoms with E-state index in [1.807, 2.05) is 0 Å². The number of anilines is 3. The van der Waals surface area contributed by atoms with E-state index in [1.54, 1.807) is 0 Å². The number of nitrogens with zero attached hydrogens (tertiary/aromatic N) is 2. The molecule has 0 aliphatic heterocycles. The van der Waals surface area contributed by atoms with Crippen LogP contribution in [0.4, 0.5) is 17.1 Å². The van der Waals surface area contributed by atoms with Gasteiger partial charge in [0.25, 0.3) is 0 Å². The van der Waals surface area contributed by atoms with Crippen LogP contribution in [0, 0.1) is 0 Å². The van der Waals surface area contributed by atoms with Crippen LogP contribution in [0.15, 0.2) is 218 Å². The molecule has 10 rings (SSSR count). The summed E-state index contributed by atoms with van der Waals surface area (Å²) in [5, 5.41) is 5.04. The number of benzene rings is 9. The van der Waals surface area contributed by atoms with Gasteiger partial charge in [-0.3, -0.25) is 0 Å². The van der Waals surface area contributed by atoms with Gasteiger partial charge < -0.3 is 9.47 Å². The summed E-state index contributed by atoms with van der Waals surface area (Å²) >= 11 is 0. The van der Waals surface area contributed by atoms with Crippen molar-refractivity contribution in [2.24, 2.45) is 0 Å². The van der Waals surface area contributed by atoms with E-state index in [1.165, 1.54) is 66.0 Å². The Morgan fingerprint density at radius 3 is 1.26 bits per heavy atom. The molecular weight excluding hydrogens is 653 g/mol. The molecule has 0 spiro atoms. The summed E-state index contributed by atoms with van der Waals surface area (Å²) < 4.78 is 2.37. The molecule has 0 bridgehead atoms. The van der Waals surface area contributed by atoms with Gasteiger partial charge in [0, 0.05) is 33.5 Å². The Hall–Kier alpha value is -7.16. The minimum absolute atomic E-state index is 1.09. The predicted octanol–water partition coefficient (Wildman–Crippen LogP) is 14.4. The maximum atomic E-state index is 2.37. The van der Waals surface area contributed by atoms with Crippen LogP contribution in [-0.2, 0) is 0 Å². The van der Waals surface area contributed by atoms with Crippen LogP contribution in [0.1, 0.15) is 0 Å². The average Bonchev–Trinajstić information content (AvgIpc) is 3.59. The fraction of sp³-hybridized carbons (Fsp3) is 0. The first-order chi connectivity index (χ1) is 26.8. The Bertz CT molecular complexity index is 2830. The molecule has 0 radical (unpaired) electrons. The molecule has 0 N–H and O–H groups in total. The van der Waals surface area contributed by atoms with Crippen LogP contribution in [0.3, 0.4) is 0 Å². The van der Waals surface area contributed by atoms with Gasteiger partial charge in [-0.25, -0.2) is 0 Å². The van der Waals surface area contributed by atoms with E-state index in [0.29, 0.717) is 0 Å². The number of hydrogen-bond acceptors (Lipinski definition) is 1. The first-order valence-electron chi connectivity index (χ1n) is 18.5. The Kier molecular flexibility index (Phi) is 7.85.